The molecule has 3 rings (SSSR count). The number of primary amides is 1. The van der Waals surface area contributed by atoms with Crippen molar-refractivity contribution in [1.29, 1.82) is 0 Å². The molecule has 1 aliphatic rings. The molecule has 1 fully saturated rings. The Morgan fingerprint density at radius 2 is 1.97 bits per heavy atom. The molecule has 156 valence electrons. The van der Waals surface area contributed by atoms with Gasteiger partial charge in [-0.3, -0.25) is 4.79 Å². The molecule has 1 amide bonds. The van der Waals surface area contributed by atoms with Crippen molar-refractivity contribution < 1.29 is 14.3 Å². The third-order valence-corrected chi connectivity index (χ3v) is 5.66. The van der Waals surface area contributed by atoms with E-state index in [-0.39, 0.29) is 0 Å². The molecule has 1 saturated carbocycles. The highest BCUT2D eigenvalue weighted by molar-refractivity contribution is 5.92. The number of carbonyl (C=O) groups excluding carboxylic acids is 1. The van der Waals surface area contributed by atoms with E-state index in [9.17, 15) is 4.79 Å². The van der Waals surface area contributed by atoms with Gasteiger partial charge in [-0.05, 0) is 48.6 Å². The van der Waals surface area contributed by atoms with Crippen LogP contribution in [0, 0.1) is 11.8 Å². The first-order chi connectivity index (χ1) is 14.0. The Kier molecular flexibility index (Phi) is 7.47. The van der Waals surface area contributed by atoms with Gasteiger partial charge < -0.3 is 20.5 Å². The molecule has 6 nitrogen and oxygen atoms in total. The predicted octanol–water partition coefficient (Wildman–Crippen LogP) is 4.29. The number of amides is 1. The van der Waals surface area contributed by atoms with Gasteiger partial charge in [-0.2, -0.15) is 0 Å². The first-order valence-corrected chi connectivity index (χ1v) is 10.4. The third kappa shape index (κ3) is 6.19. The van der Waals surface area contributed by atoms with Crippen LogP contribution in [0.5, 0.6) is 17.4 Å². The lowest BCUT2D eigenvalue weighted by Gasteiger charge is -2.26. The highest BCUT2D eigenvalue weighted by atomic mass is 16.5. The van der Waals surface area contributed by atoms with E-state index in [2.05, 4.69) is 17.2 Å². The number of pyridine rings is 1. The molecule has 0 unspecified atom stereocenters. The number of hydrogen-bond acceptors (Lipinski definition) is 5. The lowest BCUT2D eigenvalue weighted by molar-refractivity contribution is 0.1000. The van der Waals surface area contributed by atoms with Crippen molar-refractivity contribution in [3.8, 4) is 17.4 Å². The van der Waals surface area contributed by atoms with Gasteiger partial charge in [0.1, 0.15) is 0 Å². The quantitative estimate of drug-likeness (QED) is 0.617. The van der Waals surface area contributed by atoms with Crippen LogP contribution in [0.4, 0.5) is 0 Å². The van der Waals surface area contributed by atoms with Gasteiger partial charge in [-0.1, -0.05) is 38.7 Å². The molecule has 1 heterocycles. The number of methoxy groups -OCH3 is 1. The summed E-state index contributed by atoms with van der Waals surface area (Å²) in [5, 5.41) is 3.54. The molecule has 2 aromatic rings. The summed E-state index contributed by atoms with van der Waals surface area (Å²) >= 11 is 0. The van der Waals surface area contributed by atoms with Gasteiger partial charge in [0, 0.05) is 18.8 Å². The summed E-state index contributed by atoms with van der Waals surface area (Å²) in [6.07, 6.45) is 8.15. The maximum atomic E-state index is 11.1. The van der Waals surface area contributed by atoms with E-state index < -0.39 is 5.91 Å². The summed E-state index contributed by atoms with van der Waals surface area (Å²) < 4.78 is 11.3. The Labute approximate surface area is 172 Å². The van der Waals surface area contributed by atoms with Gasteiger partial charge >= 0.3 is 0 Å². The minimum Gasteiger partial charge on any atom is -0.493 e. The average molecular weight is 398 g/mol. The smallest absolute Gasteiger partial charge is 0.250 e. The number of nitrogens with two attached hydrogens (primary N) is 1. The van der Waals surface area contributed by atoms with Crippen LogP contribution in [-0.4, -0.2) is 24.5 Å². The van der Waals surface area contributed by atoms with Crippen LogP contribution in [-0.2, 0) is 6.54 Å². The predicted molar refractivity (Wildman–Crippen MR) is 113 cm³/mol. The molecule has 0 saturated heterocycles. The molecule has 0 radical (unpaired) electrons. The summed E-state index contributed by atoms with van der Waals surface area (Å²) in [6, 6.07) is 9.07. The fourth-order valence-corrected chi connectivity index (χ4v) is 3.76. The molecule has 0 bridgehead atoms. The van der Waals surface area contributed by atoms with Crippen molar-refractivity contribution in [1.82, 2.24) is 10.3 Å². The molecule has 0 atom stereocenters. The van der Waals surface area contributed by atoms with E-state index in [1.54, 1.807) is 19.2 Å². The molecule has 0 aliphatic heterocycles. The Hall–Kier alpha value is -2.60. The Morgan fingerprint density at radius 1 is 1.17 bits per heavy atom. The van der Waals surface area contributed by atoms with Crippen LogP contribution in [0.15, 0.2) is 36.5 Å². The van der Waals surface area contributed by atoms with E-state index in [1.165, 1.54) is 38.3 Å². The van der Waals surface area contributed by atoms with Gasteiger partial charge in [-0.15, -0.1) is 0 Å². The normalized spacial score (nSPS) is 19.0. The Morgan fingerprint density at radius 3 is 2.62 bits per heavy atom. The monoisotopic (exact) mass is 397 g/mol. The van der Waals surface area contributed by atoms with Crippen LogP contribution in [0.2, 0.25) is 0 Å². The number of rotatable bonds is 9. The van der Waals surface area contributed by atoms with Crippen molar-refractivity contribution in [2.45, 2.75) is 45.6 Å². The Balaban J connectivity index is 1.51. The summed E-state index contributed by atoms with van der Waals surface area (Å²) in [7, 11) is 1.62. The second-order valence-electron chi connectivity index (χ2n) is 7.93. The van der Waals surface area contributed by atoms with E-state index in [4.69, 9.17) is 15.2 Å². The SMILES string of the molecule is COc1cc(CNCCC2CCC(C)CC2)ccc1Oc1ccc(C(N)=O)cn1. The number of nitrogens with one attached hydrogen (secondary N) is 1. The van der Waals surface area contributed by atoms with Crippen LogP contribution < -0.4 is 20.5 Å². The zero-order valence-electron chi connectivity index (χ0n) is 17.3. The number of nitrogens with zero attached hydrogens (tertiary/aromatic N) is 1. The second-order valence-corrected chi connectivity index (χ2v) is 7.93. The van der Waals surface area contributed by atoms with Gasteiger partial charge in [0.25, 0.3) is 0 Å². The zero-order chi connectivity index (χ0) is 20.6. The van der Waals surface area contributed by atoms with Crippen molar-refractivity contribution in [2.75, 3.05) is 13.7 Å². The average Bonchev–Trinajstić information content (AvgIpc) is 2.73. The van der Waals surface area contributed by atoms with Crippen LogP contribution in [0.1, 0.15) is 54.9 Å². The highest BCUT2D eigenvalue weighted by Gasteiger charge is 2.17. The molecule has 6 heteroatoms. The largest absolute Gasteiger partial charge is 0.493 e. The minimum atomic E-state index is -0.517. The van der Waals surface area contributed by atoms with Gasteiger partial charge in [-0.25, -0.2) is 4.98 Å². The molecule has 3 N–H and O–H groups in total. The minimum absolute atomic E-state index is 0.341. The van der Waals surface area contributed by atoms with Crippen molar-refractivity contribution in [3.05, 3.63) is 47.7 Å². The van der Waals surface area contributed by atoms with E-state index in [0.717, 1.165) is 30.5 Å². The van der Waals surface area contributed by atoms with Crippen molar-refractivity contribution >= 4 is 5.91 Å². The fourth-order valence-electron chi connectivity index (χ4n) is 3.76. The summed E-state index contributed by atoms with van der Waals surface area (Å²) in [6.45, 7) is 4.20. The van der Waals surface area contributed by atoms with Crippen molar-refractivity contribution in [2.24, 2.45) is 17.6 Å². The number of aromatic nitrogens is 1. The third-order valence-electron chi connectivity index (χ3n) is 5.66. The molecular weight excluding hydrogens is 366 g/mol. The topological polar surface area (TPSA) is 86.5 Å². The standard InChI is InChI=1S/C23H31N3O3/c1-16-3-5-17(6-4-16)11-12-25-14-18-7-9-20(21(13-18)28-2)29-22-10-8-19(15-26-22)23(24)27/h7-10,13,15-17,25H,3-6,11-12,14H2,1-2H3,(H2,24,27). The molecule has 1 aromatic heterocycles. The molecule has 0 spiro atoms. The molecule has 29 heavy (non-hydrogen) atoms. The second kappa shape index (κ2) is 10.3. The summed E-state index contributed by atoms with van der Waals surface area (Å²) in [5.74, 6) is 2.86. The maximum absolute atomic E-state index is 11.1. The first-order valence-electron chi connectivity index (χ1n) is 10.4. The zero-order valence-corrected chi connectivity index (χ0v) is 17.3. The number of hydrogen-bond donors (Lipinski definition) is 2. The van der Waals surface area contributed by atoms with Crippen molar-refractivity contribution in [3.63, 3.8) is 0 Å². The summed E-state index contributed by atoms with van der Waals surface area (Å²) in [5.41, 5.74) is 6.71. The lowest BCUT2D eigenvalue weighted by atomic mass is 9.81. The van der Waals surface area contributed by atoms with E-state index in [1.807, 2.05) is 18.2 Å². The lowest BCUT2D eigenvalue weighted by Crippen LogP contribution is -2.20. The van der Waals surface area contributed by atoms with Gasteiger partial charge in [0.2, 0.25) is 11.8 Å². The first kappa shape index (κ1) is 21.1. The molecular formula is C23H31N3O3. The van der Waals surface area contributed by atoms with Gasteiger partial charge in [0.15, 0.2) is 11.5 Å². The van der Waals surface area contributed by atoms with E-state index >= 15 is 0 Å². The number of carbonyl (C=O) groups is 1. The van der Waals surface area contributed by atoms with E-state index in [0.29, 0.717) is 22.9 Å². The number of benzene rings is 1. The number of ether oxygens (including phenoxy) is 2. The van der Waals surface area contributed by atoms with Crippen LogP contribution in [0.3, 0.4) is 0 Å². The molecule has 1 aliphatic carbocycles. The van der Waals surface area contributed by atoms with Crippen LogP contribution >= 0.6 is 0 Å². The molecule has 1 aromatic carbocycles. The fraction of sp³-hybridized carbons (Fsp3) is 0.478. The van der Waals surface area contributed by atoms with Gasteiger partial charge in [0.05, 0.1) is 12.7 Å². The highest BCUT2D eigenvalue weighted by Crippen LogP contribution is 2.32. The summed E-state index contributed by atoms with van der Waals surface area (Å²) in [4.78, 5) is 15.2. The Bertz CT molecular complexity index is 800. The van der Waals surface area contributed by atoms with Crippen LogP contribution in [0.25, 0.3) is 0 Å². The maximum Gasteiger partial charge on any atom is 0.250 e.